The number of ether oxygens (including phenoxy) is 2. The van der Waals surface area contributed by atoms with E-state index in [1.165, 1.54) is 7.11 Å². The van der Waals surface area contributed by atoms with Gasteiger partial charge in [0.05, 0.1) is 25.3 Å². The van der Waals surface area contributed by atoms with Gasteiger partial charge in [-0.25, -0.2) is 4.98 Å². The summed E-state index contributed by atoms with van der Waals surface area (Å²) in [5.41, 5.74) is 12.8. The molecule has 0 saturated carbocycles. The minimum atomic E-state index is -0.732. The van der Waals surface area contributed by atoms with Gasteiger partial charge in [0, 0.05) is 12.0 Å². The number of methoxy groups -OCH3 is 2. The summed E-state index contributed by atoms with van der Waals surface area (Å²) in [4.78, 5) is 15.9. The van der Waals surface area contributed by atoms with Crippen molar-refractivity contribution in [3.05, 3.63) is 44.2 Å². The Morgan fingerprint density at radius 1 is 1.38 bits per heavy atom. The first-order valence-electron chi connectivity index (χ1n) is 6.81. The molecule has 24 heavy (non-hydrogen) atoms. The van der Waals surface area contributed by atoms with Crippen LogP contribution in [0.5, 0.6) is 11.5 Å². The second-order valence-corrected chi connectivity index (χ2v) is 5.87. The van der Waals surface area contributed by atoms with Gasteiger partial charge < -0.3 is 20.9 Å². The van der Waals surface area contributed by atoms with Gasteiger partial charge in [0.1, 0.15) is 27.1 Å². The number of nitrogens with two attached hydrogens (primary N) is 2. The lowest BCUT2D eigenvalue weighted by molar-refractivity contribution is 0.1000. The molecule has 0 saturated heterocycles. The predicted octanol–water partition coefficient (Wildman–Crippen LogP) is 1.85. The van der Waals surface area contributed by atoms with Crippen molar-refractivity contribution in [3.63, 3.8) is 0 Å². The van der Waals surface area contributed by atoms with Crippen LogP contribution in [0.25, 0.3) is 0 Å². The van der Waals surface area contributed by atoms with Crippen LogP contribution in [0, 0.1) is 15.0 Å². The molecule has 1 aromatic heterocycles. The summed E-state index contributed by atoms with van der Waals surface area (Å²) in [6, 6.07) is 7.35. The number of nitriles is 1. The first kappa shape index (κ1) is 17.8. The Hall–Kier alpha value is -2.54. The molecule has 1 aromatic carbocycles. The molecule has 0 fully saturated rings. The molecule has 1 amide bonds. The van der Waals surface area contributed by atoms with E-state index in [0.717, 1.165) is 5.56 Å². The molecule has 2 rings (SSSR count). The molecule has 1 heterocycles. The van der Waals surface area contributed by atoms with Gasteiger partial charge >= 0.3 is 0 Å². The van der Waals surface area contributed by atoms with E-state index in [4.69, 9.17) is 20.9 Å². The fourth-order valence-electron chi connectivity index (χ4n) is 2.40. The Bertz CT molecular complexity index is 846. The lowest BCUT2D eigenvalue weighted by atomic mass is 9.95. The zero-order valence-corrected chi connectivity index (χ0v) is 15.2. The number of pyridine rings is 1. The van der Waals surface area contributed by atoms with Gasteiger partial charge in [-0.2, -0.15) is 5.26 Å². The Balaban J connectivity index is 2.70. The Morgan fingerprint density at radius 2 is 2.08 bits per heavy atom. The smallest absolute Gasteiger partial charge is 0.252 e. The van der Waals surface area contributed by atoms with E-state index in [2.05, 4.69) is 11.1 Å². The number of hydrogen-bond acceptors (Lipinski definition) is 6. The van der Waals surface area contributed by atoms with Crippen molar-refractivity contribution in [3.8, 4) is 17.6 Å². The number of nitrogen functional groups attached to an aromatic ring is 1. The van der Waals surface area contributed by atoms with Crippen molar-refractivity contribution in [1.82, 2.24) is 4.98 Å². The largest absolute Gasteiger partial charge is 0.497 e. The van der Waals surface area contributed by atoms with Crippen molar-refractivity contribution >= 4 is 34.3 Å². The summed E-state index contributed by atoms with van der Waals surface area (Å²) in [6.07, 6.45) is 0.226. The van der Waals surface area contributed by atoms with E-state index < -0.39 is 5.91 Å². The Kier molecular flexibility index (Phi) is 5.46. The number of carbonyl (C=O) groups excluding carboxylic acids is 1. The van der Waals surface area contributed by atoms with Gasteiger partial charge in [-0.15, -0.1) is 0 Å². The van der Waals surface area contributed by atoms with Crippen molar-refractivity contribution in [2.45, 2.75) is 6.42 Å². The topological polar surface area (TPSA) is 124 Å². The number of nitrogens with zero attached hydrogens (tertiary/aromatic N) is 2. The first-order chi connectivity index (χ1) is 11.4. The van der Waals surface area contributed by atoms with Crippen LogP contribution in [0.1, 0.15) is 27.0 Å². The molecule has 0 aliphatic heterocycles. The number of benzene rings is 1. The van der Waals surface area contributed by atoms with Crippen LogP contribution in [0.2, 0.25) is 0 Å². The predicted molar refractivity (Wildman–Crippen MR) is 97.0 cm³/mol. The van der Waals surface area contributed by atoms with E-state index in [9.17, 15) is 10.1 Å². The fraction of sp³-hybridized carbons (Fsp3) is 0.188. The summed E-state index contributed by atoms with van der Waals surface area (Å²) in [7, 11) is 3.09. The van der Waals surface area contributed by atoms with Crippen LogP contribution in [0.3, 0.4) is 0 Å². The highest BCUT2D eigenvalue weighted by Gasteiger charge is 2.22. The second-order valence-electron chi connectivity index (χ2n) is 4.85. The normalized spacial score (nSPS) is 10.1. The molecular formula is C16H15IN4O3. The van der Waals surface area contributed by atoms with Crippen LogP contribution < -0.4 is 20.9 Å². The summed E-state index contributed by atoms with van der Waals surface area (Å²) >= 11 is 1.90. The SMILES string of the molecule is COc1ccc(OC)c(Cc2c(C#N)c(I)nc(N)c2C(N)=O)c1. The summed E-state index contributed by atoms with van der Waals surface area (Å²) in [5.74, 6) is 0.495. The van der Waals surface area contributed by atoms with Crippen molar-refractivity contribution in [1.29, 1.82) is 5.26 Å². The molecule has 0 spiro atoms. The highest BCUT2D eigenvalue weighted by Crippen LogP contribution is 2.31. The van der Waals surface area contributed by atoms with Gasteiger partial charge in [-0.1, -0.05) is 0 Å². The number of amides is 1. The second kappa shape index (κ2) is 7.35. The monoisotopic (exact) mass is 438 g/mol. The number of primary amides is 1. The molecule has 0 bridgehead atoms. The van der Waals surface area contributed by atoms with Gasteiger partial charge in [0.25, 0.3) is 5.91 Å². The molecule has 0 radical (unpaired) electrons. The maximum atomic E-state index is 11.8. The summed E-state index contributed by atoms with van der Waals surface area (Å²) in [5, 5.41) is 9.46. The number of anilines is 1. The summed E-state index contributed by atoms with van der Waals surface area (Å²) in [6.45, 7) is 0. The maximum Gasteiger partial charge on any atom is 0.252 e. The molecule has 0 unspecified atom stereocenters. The average Bonchev–Trinajstić information content (AvgIpc) is 2.54. The molecule has 8 heteroatoms. The zero-order chi connectivity index (χ0) is 17.9. The molecule has 4 N–H and O–H groups in total. The van der Waals surface area contributed by atoms with Gasteiger partial charge in [0.15, 0.2) is 0 Å². The lowest BCUT2D eigenvalue weighted by Gasteiger charge is -2.15. The number of rotatable bonds is 5. The molecule has 124 valence electrons. The molecule has 0 atom stereocenters. The van der Waals surface area contributed by atoms with Crippen LogP contribution in [0.15, 0.2) is 18.2 Å². The zero-order valence-electron chi connectivity index (χ0n) is 13.1. The quantitative estimate of drug-likeness (QED) is 0.543. The summed E-state index contributed by atoms with van der Waals surface area (Å²) < 4.78 is 11.0. The third kappa shape index (κ3) is 3.35. The Morgan fingerprint density at radius 3 is 2.62 bits per heavy atom. The Labute approximate surface area is 152 Å². The highest BCUT2D eigenvalue weighted by atomic mass is 127. The number of halogens is 1. The molecule has 0 aliphatic rings. The van der Waals surface area contributed by atoms with E-state index in [0.29, 0.717) is 20.8 Å². The minimum Gasteiger partial charge on any atom is -0.497 e. The van der Waals surface area contributed by atoms with Crippen molar-refractivity contribution in [2.24, 2.45) is 5.73 Å². The highest BCUT2D eigenvalue weighted by molar-refractivity contribution is 14.1. The standard InChI is InChI=1S/C16H15IN4O3/c1-23-9-3-4-12(24-2)8(5-9)6-10-11(7-18)14(17)21-15(19)13(10)16(20)22/h3-5H,6H2,1-2H3,(H2,19,21)(H2,20,22). The van der Waals surface area contributed by atoms with Crippen LogP contribution in [0.4, 0.5) is 5.82 Å². The first-order valence-corrected chi connectivity index (χ1v) is 7.89. The molecule has 2 aromatic rings. The molecule has 0 aliphatic carbocycles. The van der Waals surface area contributed by atoms with Crippen LogP contribution in [-0.2, 0) is 6.42 Å². The molecular weight excluding hydrogens is 423 g/mol. The van der Waals surface area contributed by atoms with Crippen molar-refractivity contribution in [2.75, 3.05) is 20.0 Å². The fourth-order valence-corrected chi connectivity index (χ4v) is 3.10. The lowest BCUT2D eigenvalue weighted by Crippen LogP contribution is -2.20. The van der Waals surface area contributed by atoms with E-state index in [1.54, 1.807) is 25.3 Å². The number of aromatic nitrogens is 1. The molecule has 7 nitrogen and oxygen atoms in total. The maximum absolute atomic E-state index is 11.8. The van der Waals surface area contributed by atoms with Gasteiger partial charge in [-0.05, 0) is 46.4 Å². The van der Waals surface area contributed by atoms with Gasteiger partial charge in [-0.3, -0.25) is 4.79 Å². The van der Waals surface area contributed by atoms with Gasteiger partial charge in [0.2, 0.25) is 0 Å². The van der Waals surface area contributed by atoms with Crippen molar-refractivity contribution < 1.29 is 14.3 Å². The van der Waals surface area contributed by atoms with Crippen LogP contribution in [-0.4, -0.2) is 25.1 Å². The average molecular weight is 438 g/mol. The van der Waals surface area contributed by atoms with Crippen LogP contribution >= 0.6 is 22.6 Å². The number of hydrogen-bond donors (Lipinski definition) is 2. The van der Waals surface area contributed by atoms with E-state index in [1.807, 2.05) is 22.6 Å². The minimum absolute atomic E-state index is 0.00256. The van der Waals surface area contributed by atoms with E-state index >= 15 is 0 Å². The third-order valence-corrected chi connectivity index (χ3v) is 4.28. The van der Waals surface area contributed by atoms with E-state index in [-0.39, 0.29) is 23.4 Å². The number of carbonyl (C=O) groups is 1. The third-order valence-electron chi connectivity index (χ3n) is 3.50.